The fraction of sp³-hybridized carbons (Fsp3) is 0.833. The van der Waals surface area contributed by atoms with Crippen molar-refractivity contribution < 1.29 is 19.8 Å². The van der Waals surface area contributed by atoms with E-state index in [1.807, 2.05) is 0 Å². The minimum absolute atomic E-state index is 0.0923. The summed E-state index contributed by atoms with van der Waals surface area (Å²) in [5.74, 6) is -0.966. The Hall–Kier alpha value is -1.10. The van der Waals surface area contributed by atoms with E-state index in [0.29, 0.717) is 25.9 Å². The number of hydrogen-bond acceptors (Lipinski definition) is 3. The molecule has 1 heterocycles. The predicted octanol–water partition coefficient (Wildman–Crippen LogP) is 0.615. The molecule has 5 nitrogen and oxygen atoms in total. The van der Waals surface area contributed by atoms with Gasteiger partial charge in [-0.2, -0.15) is 0 Å². The first-order valence-electron chi connectivity index (χ1n) is 6.23. The van der Waals surface area contributed by atoms with Crippen LogP contribution in [0.1, 0.15) is 38.5 Å². The molecule has 2 rings (SSSR count). The molecule has 5 heteroatoms. The quantitative estimate of drug-likeness (QED) is 0.759. The number of amides is 1. The number of hydrogen-bond donors (Lipinski definition) is 2. The highest BCUT2D eigenvalue weighted by Crippen LogP contribution is 2.40. The summed E-state index contributed by atoms with van der Waals surface area (Å²) in [6, 6.07) is 0. The zero-order valence-corrected chi connectivity index (χ0v) is 9.89. The third kappa shape index (κ3) is 2.44. The van der Waals surface area contributed by atoms with Crippen molar-refractivity contribution in [1.82, 2.24) is 4.90 Å². The van der Waals surface area contributed by atoms with Crippen LogP contribution < -0.4 is 0 Å². The Kier molecular flexibility index (Phi) is 3.38. The van der Waals surface area contributed by atoms with Gasteiger partial charge in [-0.25, -0.2) is 0 Å². The van der Waals surface area contributed by atoms with Crippen molar-refractivity contribution >= 4 is 11.9 Å². The molecule has 96 valence electrons. The summed E-state index contributed by atoms with van der Waals surface area (Å²) in [6.07, 6.45) is 3.71. The summed E-state index contributed by atoms with van der Waals surface area (Å²) in [5.41, 5.74) is -0.851. The molecule has 0 spiro atoms. The van der Waals surface area contributed by atoms with Gasteiger partial charge in [0.15, 0.2) is 0 Å². The first-order chi connectivity index (χ1) is 8.03. The molecule has 2 fully saturated rings. The van der Waals surface area contributed by atoms with Gasteiger partial charge in [0.05, 0.1) is 11.5 Å². The van der Waals surface area contributed by atoms with E-state index in [9.17, 15) is 14.7 Å². The van der Waals surface area contributed by atoms with Gasteiger partial charge >= 0.3 is 5.97 Å². The van der Waals surface area contributed by atoms with E-state index in [2.05, 4.69) is 0 Å². The van der Waals surface area contributed by atoms with Crippen molar-refractivity contribution in [3.05, 3.63) is 0 Å². The van der Waals surface area contributed by atoms with E-state index in [0.717, 1.165) is 19.3 Å². The van der Waals surface area contributed by atoms with Crippen LogP contribution in [0.25, 0.3) is 0 Å². The van der Waals surface area contributed by atoms with E-state index in [1.54, 1.807) is 4.90 Å². The van der Waals surface area contributed by atoms with Crippen molar-refractivity contribution in [1.29, 1.82) is 0 Å². The maximum absolute atomic E-state index is 11.9. The van der Waals surface area contributed by atoms with Crippen molar-refractivity contribution in [2.24, 2.45) is 5.41 Å². The normalized spacial score (nSPS) is 24.2. The number of aliphatic hydroxyl groups excluding tert-OH is 1. The molecule has 2 aliphatic rings. The number of aliphatic carboxylic acids is 1. The third-order valence-corrected chi connectivity index (χ3v) is 3.97. The number of likely N-dealkylation sites (tertiary alicyclic amines) is 1. The third-order valence-electron chi connectivity index (χ3n) is 3.97. The second kappa shape index (κ2) is 4.64. The average Bonchev–Trinajstić information content (AvgIpc) is 2.25. The van der Waals surface area contributed by atoms with Crippen LogP contribution in [0.3, 0.4) is 0 Å². The molecule has 0 aromatic rings. The molecule has 0 bridgehead atoms. The lowest BCUT2D eigenvalue weighted by atomic mass is 9.71. The van der Waals surface area contributed by atoms with Crippen molar-refractivity contribution in [3.8, 4) is 0 Å². The molecule has 1 saturated carbocycles. The number of carboxylic acid groups (broad SMARTS) is 1. The van der Waals surface area contributed by atoms with Crippen molar-refractivity contribution in [2.45, 2.75) is 44.6 Å². The summed E-state index contributed by atoms with van der Waals surface area (Å²) in [4.78, 5) is 24.8. The lowest BCUT2D eigenvalue weighted by Gasteiger charge is -2.39. The second-order valence-electron chi connectivity index (χ2n) is 5.28. The second-order valence-corrected chi connectivity index (χ2v) is 5.28. The number of aliphatic hydroxyl groups is 1. The fourth-order valence-electron chi connectivity index (χ4n) is 2.76. The zero-order chi connectivity index (χ0) is 12.5. The lowest BCUT2D eigenvalue weighted by Crippen LogP contribution is -2.55. The van der Waals surface area contributed by atoms with E-state index >= 15 is 0 Å². The molecule has 1 amide bonds. The Labute approximate surface area is 100 Å². The van der Waals surface area contributed by atoms with E-state index in [4.69, 9.17) is 5.11 Å². The van der Waals surface area contributed by atoms with Crippen LogP contribution in [0, 0.1) is 5.41 Å². The summed E-state index contributed by atoms with van der Waals surface area (Å²) in [7, 11) is 0. The van der Waals surface area contributed by atoms with Gasteiger partial charge in [0, 0.05) is 19.5 Å². The topological polar surface area (TPSA) is 77.8 Å². The maximum atomic E-state index is 11.9. The Morgan fingerprint density at radius 2 is 1.76 bits per heavy atom. The van der Waals surface area contributed by atoms with Crippen LogP contribution in [0.5, 0.6) is 0 Å². The highest BCUT2D eigenvalue weighted by Gasteiger charge is 2.43. The number of rotatable bonds is 3. The monoisotopic (exact) mass is 241 g/mol. The Balaban J connectivity index is 1.97. The molecule has 1 saturated heterocycles. The standard InChI is InChI=1S/C12H19NO4/c14-9-7-13(8-9)10(15)6-12(11(16)17)4-2-1-3-5-12/h9,14H,1-8H2,(H,16,17). The largest absolute Gasteiger partial charge is 0.481 e. The molecular weight excluding hydrogens is 222 g/mol. The predicted molar refractivity (Wildman–Crippen MR) is 60.4 cm³/mol. The Bertz CT molecular complexity index is 316. The molecule has 0 atom stereocenters. The number of carboxylic acids is 1. The van der Waals surface area contributed by atoms with Crippen LogP contribution in [0.15, 0.2) is 0 Å². The van der Waals surface area contributed by atoms with Gasteiger partial charge in [0.1, 0.15) is 0 Å². The summed E-state index contributed by atoms with van der Waals surface area (Å²) in [5, 5.41) is 18.5. The van der Waals surface area contributed by atoms with Gasteiger partial charge < -0.3 is 15.1 Å². The minimum Gasteiger partial charge on any atom is -0.481 e. The van der Waals surface area contributed by atoms with Crippen molar-refractivity contribution in [2.75, 3.05) is 13.1 Å². The molecule has 0 unspecified atom stereocenters. The van der Waals surface area contributed by atoms with Gasteiger partial charge in [-0.05, 0) is 12.8 Å². The molecule has 1 aliphatic carbocycles. The highest BCUT2D eigenvalue weighted by atomic mass is 16.4. The van der Waals surface area contributed by atoms with E-state index in [-0.39, 0.29) is 12.3 Å². The van der Waals surface area contributed by atoms with Crippen LogP contribution in [0.4, 0.5) is 0 Å². The number of carbonyl (C=O) groups is 2. The number of β-amino-alcohol motifs (C(OH)–C–C–N with tert-alkyl or cyclic N) is 1. The fourth-order valence-corrected chi connectivity index (χ4v) is 2.76. The van der Waals surface area contributed by atoms with E-state index < -0.39 is 17.5 Å². The lowest BCUT2D eigenvalue weighted by molar-refractivity contribution is -0.158. The van der Waals surface area contributed by atoms with E-state index in [1.165, 1.54) is 0 Å². The van der Waals surface area contributed by atoms with Gasteiger partial charge in [0.2, 0.25) is 5.91 Å². The summed E-state index contributed by atoms with van der Waals surface area (Å²) in [6.45, 7) is 0.711. The molecule has 2 N–H and O–H groups in total. The summed E-state index contributed by atoms with van der Waals surface area (Å²) >= 11 is 0. The molecule has 17 heavy (non-hydrogen) atoms. The van der Waals surface area contributed by atoms with Crippen molar-refractivity contribution in [3.63, 3.8) is 0 Å². The SMILES string of the molecule is O=C(CC1(C(=O)O)CCCCC1)N1CC(O)C1. The Morgan fingerprint density at radius 1 is 1.18 bits per heavy atom. The van der Waals surface area contributed by atoms with Gasteiger partial charge in [-0.3, -0.25) is 9.59 Å². The zero-order valence-electron chi connectivity index (χ0n) is 9.89. The van der Waals surface area contributed by atoms with Gasteiger partial charge in [-0.15, -0.1) is 0 Å². The van der Waals surface area contributed by atoms with Gasteiger partial charge in [0.25, 0.3) is 0 Å². The first-order valence-corrected chi connectivity index (χ1v) is 6.23. The number of carbonyl (C=O) groups excluding carboxylic acids is 1. The summed E-state index contributed by atoms with van der Waals surface area (Å²) < 4.78 is 0. The molecular formula is C12H19NO4. The first kappa shape index (κ1) is 12.4. The molecule has 0 radical (unpaired) electrons. The van der Waals surface area contributed by atoms with Crippen LogP contribution in [-0.2, 0) is 9.59 Å². The molecule has 0 aromatic heterocycles. The Morgan fingerprint density at radius 3 is 2.24 bits per heavy atom. The van der Waals surface area contributed by atoms with Gasteiger partial charge in [-0.1, -0.05) is 19.3 Å². The molecule has 0 aromatic carbocycles. The van der Waals surface area contributed by atoms with Crippen LogP contribution >= 0.6 is 0 Å². The minimum atomic E-state index is -0.851. The average molecular weight is 241 g/mol. The molecule has 1 aliphatic heterocycles. The van der Waals surface area contributed by atoms with Crippen LogP contribution in [0.2, 0.25) is 0 Å². The van der Waals surface area contributed by atoms with Crippen LogP contribution in [-0.4, -0.2) is 46.2 Å². The number of nitrogens with zero attached hydrogens (tertiary/aromatic N) is 1. The highest BCUT2D eigenvalue weighted by molar-refractivity contribution is 5.85. The maximum Gasteiger partial charge on any atom is 0.310 e. The smallest absolute Gasteiger partial charge is 0.310 e.